The van der Waals surface area contributed by atoms with Gasteiger partial charge in [-0.3, -0.25) is 9.80 Å². The van der Waals surface area contributed by atoms with Crippen LogP contribution in [0.3, 0.4) is 0 Å². The summed E-state index contributed by atoms with van der Waals surface area (Å²) in [6.07, 6.45) is 2.50. The Labute approximate surface area is 111 Å². The van der Waals surface area contributed by atoms with Gasteiger partial charge >= 0.3 is 0 Å². The fraction of sp³-hybridized carbons (Fsp3) is 1.00. The first-order chi connectivity index (χ1) is 8.47. The van der Waals surface area contributed by atoms with E-state index in [2.05, 4.69) is 37.6 Å². The normalized spacial score (nSPS) is 25.2. The van der Waals surface area contributed by atoms with E-state index in [4.69, 9.17) is 9.47 Å². The van der Waals surface area contributed by atoms with Crippen molar-refractivity contribution >= 4 is 0 Å². The van der Waals surface area contributed by atoms with E-state index in [1.165, 1.54) is 25.9 Å². The van der Waals surface area contributed by atoms with Crippen LogP contribution in [0.4, 0.5) is 0 Å². The van der Waals surface area contributed by atoms with Gasteiger partial charge in [-0.05, 0) is 40.7 Å². The Kier molecular flexibility index (Phi) is 4.64. The van der Waals surface area contributed by atoms with Gasteiger partial charge in [0.1, 0.15) is 0 Å². The number of hydrogen-bond acceptors (Lipinski definition) is 4. The fourth-order valence-electron chi connectivity index (χ4n) is 2.87. The molecule has 0 amide bonds. The summed E-state index contributed by atoms with van der Waals surface area (Å²) in [5, 5.41) is 0. The smallest absolute Gasteiger partial charge is 0.170 e. The van der Waals surface area contributed by atoms with Crippen LogP contribution in [-0.4, -0.2) is 67.6 Å². The average Bonchev–Trinajstić information content (AvgIpc) is 2.81. The second-order valence-electron chi connectivity index (χ2n) is 6.50. The molecule has 106 valence electrons. The molecule has 0 aromatic carbocycles. The van der Waals surface area contributed by atoms with E-state index in [1.54, 1.807) is 0 Å². The van der Waals surface area contributed by atoms with Crippen molar-refractivity contribution in [3.8, 4) is 0 Å². The molecule has 2 rings (SSSR count). The number of hydrogen-bond donors (Lipinski definition) is 0. The summed E-state index contributed by atoms with van der Waals surface area (Å²) in [4.78, 5) is 5.00. The molecule has 0 bridgehead atoms. The molecule has 0 saturated carbocycles. The molecule has 0 N–H and O–H groups in total. The Hall–Kier alpha value is -0.160. The van der Waals surface area contributed by atoms with Crippen molar-refractivity contribution in [2.24, 2.45) is 0 Å². The summed E-state index contributed by atoms with van der Waals surface area (Å²) >= 11 is 0. The van der Waals surface area contributed by atoms with Crippen molar-refractivity contribution < 1.29 is 9.47 Å². The summed E-state index contributed by atoms with van der Waals surface area (Å²) in [6.45, 7) is 11.7. The van der Waals surface area contributed by atoms with Crippen LogP contribution >= 0.6 is 0 Å². The van der Waals surface area contributed by atoms with Gasteiger partial charge in [0.25, 0.3) is 0 Å². The molecule has 0 aromatic rings. The highest BCUT2D eigenvalue weighted by atomic mass is 16.7. The Bertz CT molecular complexity index is 251. The zero-order chi connectivity index (χ0) is 13.2. The number of likely N-dealkylation sites (tertiary alicyclic amines) is 1. The highest BCUT2D eigenvalue weighted by Crippen LogP contribution is 2.23. The molecule has 2 fully saturated rings. The molecule has 4 nitrogen and oxygen atoms in total. The maximum atomic E-state index is 5.52. The molecule has 0 aromatic heterocycles. The van der Waals surface area contributed by atoms with Crippen LogP contribution < -0.4 is 0 Å². The molecular formula is C14H28N2O2. The molecule has 2 aliphatic heterocycles. The van der Waals surface area contributed by atoms with Crippen molar-refractivity contribution in [2.75, 3.05) is 39.9 Å². The van der Waals surface area contributed by atoms with Gasteiger partial charge in [-0.25, -0.2) is 0 Å². The van der Waals surface area contributed by atoms with Gasteiger partial charge in [0, 0.05) is 31.2 Å². The molecule has 0 aliphatic carbocycles. The van der Waals surface area contributed by atoms with Gasteiger partial charge in [-0.2, -0.15) is 0 Å². The Morgan fingerprint density at radius 1 is 1.11 bits per heavy atom. The summed E-state index contributed by atoms with van der Waals surface area (Å²) < 4.78 is 11.0. The number of likely N-dealkylation sites (N-methyl/N-ethyl adjacent to an activating group) is 1. The number of piperidine rings is 1. The van der Waals surface area contributed by atoms with E-state index < -0.39 is 0 Å². The summed E-state index contributed by atoms with van der Waals surface area (Å²) in [5.74, 6) is 0. The SMILES string of the molecule is CN(CC1OCCO1)C1CCN(C(C)(C)C)CC1. The van der Waals surface area contributed by atoms with Crippen LogP contribution in [-0.2, 0) is 9.47 Å². The van der Waals surface area contributed by atoms with Crippen molar-refractivity contribution in [3.05, 3.63) is 0 Å². The lowest BCUT2D eigenvalue weighted by atomic mass is 9.97. The average molecular weight is 256 g/mol. The minimum atomic E-state index is -0.00403. The van der Waals surface area contributed by atoms with Crippen LogP contribution in [0, 0.1) is 0 Å². The monoisotopic (exact) mass is 256 g/mol. The lowest BCUT2D eigenvalue weighted by Crippen LogP contribution is -2.51. The highest BCUT2D eigenvalue weighted by Gasteiger charge is 2.30. The zero-order valence-corrected chi connectivity index (χ0v) is 12.3. The standard InChI is InChI=1S/C14H28N2O2/c1-14(2,3)16-7-5-12(6-8-16)15(4)11-13-17-9-10-18-13/h12-13H,5-11H2,1-4H3. The van der Waals surface area contributed by atoms with Crippen molar-refractivity contribution in [1.82, 2.24) is 9.80 Å². The topological polar surface area (TPSA) is 24.9 Å². The van der Waals surface area contributed by atoms with E-state index >= 15 is 0 Å². The third-order valence-electron chi connectivity index (χ3n) is 4.16. The highest BCUT2D eigenvalue weighted by molar-refractivity contribution is 4.85. The number of rotatable bonds is 3. The van der Waals surface area contributed by atoms with Crippen molar-refractivity contribution in [2.45, 2.75) is 51.5 Å². The Morgan fingerprint density at radius 2 is 1.67 bits per heavy atom. The third kappa shape index (κ3) is 3.67. The molecule has 4 heteroatoms. The van der Waals surface area contributed by atoms with Crippen molar-refractivity contribution in [1.29, 1.82) is 0 Å². The molecule has 0 unspecified atom stereocenters. The van der Waals surface area contributed by atoms with Crippen LogP contribution in [0.5, 0.6) is 0 Å². The van der Waals surface area contributed by atoms with Gasteiger partial charge in [0.2, 0.25) is 0 Å². The predicted molar refractivity (Wildman–Crippen MR) is 72.7 cm³/mol. The molecule has 2 heterocycles. The van der Waals surface area contributed by atoms with Gasteiger partial charge in [0.05, 0.1) is 13.2 Å². The quantitative estimate of drug-likeness (QED) is 0.765. The lowest BCUT2D eigenvalue weighted by molar-refractivity contribution is -0.0687. The minimum Gasteiger partial charge on any atom is -0.349 e. The maximum Gasteiger partial charge on any atom is 0.170 e. The van der Waals surface area contributed by atoms with Crippen LogP contribution in [0.25, 0.3) is 0 Å². The zero-order valence-electron chi connectivity index (χ0n) is 12.3. The molecule has 0 atom stereocenters. The fourth-order valence-corrected chi connectivity index (χ4v) is 2.87. The molecule has 18 heavy (non-hydrogen) atoms. The van der Waals surface area contributed by atoms with Crippen LogP contribution in [0.15, 0.2) is 0 Å². The maximum absolute atomic E-state index is 5.52. The van der Waals surface area contributed by atoms with Gasteiger partial charge in [0.15, 0.2) is 6.29 Å². The van der Waals surface area contributed by atoms with Crippen LogP contribution in [0.1, 0.15) is 33.6 Å². The first-order valence-electron chi connectivity index (χ1n) is 7.15. The molecule has 0 radical (unpaired) electrons. The van der Waals surface area contributed by atoms with E-state index in [0.717, 1.165) is 19.8 Å². The third-order valence-corrected chi connectivity index (χ3v) is 4.16. The first kappa shape index (κ1) is 14.3. The van der Waals surface area contributed by atoms with E-state index in [-0.39, 0.29) is 6.29 Å². The van der Waals surface area contributed by atoms with Gasteiger partial charge in [-0.15, -0.1) is 0 Å². The lowest BCUT2D eigenvalue weighted by Gasteiger charge is -2.43. The Morgan fingerprint density at radius 3 is 2.17 bits per heavy atom. The molecular weight excluding hydrogens is 228 g/mol. The number of ether oxygens (including phenoxy) is 2. The van der Waals surface area contributed by atoms with Gasteiger partial charge < -0.3 is 9.47 Å². The van der Waals surface area contributed by atoms with Gasteiger partial charge in [-0.1, -0.05) is 0 Å². The Balaban J connectivity index is 1.74. The molecule has 2 aliphatic rings. The second kappa shape index (κ2) is 5.87. The van der Waals surface area contributed by atoms with E-state index in [0.29, 0.717) is 11.6 Å². The first-order valence-corrected chi connectivity index (χ1v) is 7.15. The summed E-state index contributed by atoms with van der Waals surface area (Å²) in [5.41, 5.74) is 0.307. The predicted octanol–water partition coefficient (Wildman–Crippen LogP) is 1.55. The van der Waals surface area contributed by atoms with Crippen molar-refractivity contribution in [3.63, 3.8) is 0 Å². The minimum absolute atomic E-state index is 0.00403. The summed E-state index contributed by atoms with van der Waals surface area (Å²) in [7, 11) is 2.20. The largest absolute Gasteiger partial charge is 0.349 e. The molecule has 2 saturated heterocycles. The number of nitrogens with zero attached hydrogens (tertiary/aromatic N) is 2. The van der Waals surface area contributed by atoms with Crippen LogP contribution in [0.2, 0.25) is 0 Å². The molecule has 0 spiro atoms. The van der Waals surface area contributed by atoms with E-state index in [9.17, 15) is 0 Å². The summed E-state index contributed by atoms with van der Waals surface area (Å²) in [6, 6.07) is 0.677. The second-order valence-corrected chi connectivity index (χ2v) is 6.50. The van der Waals surface area contributed by atoms with E-state index in [1.807, 2.05) is 0 Å².